The molecule has 1 aromatic carbocycles. The Balaban J connectivity index is 1.34. The van der Waals surface area contributed by atoms with Crippen LogP contribution in [-0.2, 0) is 17.6 Å². The van der Waals surface area contributed by atoms with E-state index in [1.165, 1.54) is 11.1 Å². The number of aryl methyl sites for hydroxylation is 1. The maximum Gasteiger partial charge on any atom is 0.269 e. The van der Waals surface area contributed by atoms with Crippen LogP contribution in [0.25, 0.3) is 0 Å². The van der Waals surface area contributed by atoms with E-state index in [9.17, 15) is 9.59 Å². The van der Waals surface area contributed by atoms with Crippen LogP contribution >= 0.6 is 0 Å². The first-order valence-electron chi connectivity index (χ1n) is 11.0. The number of anilines is 1. The predicted octanol–water partition coefficient (Wildman–Crippen LogP) is 2.05. The molecule has 7 heteroatoms. The maximum atomic E-state index is 13.3. The SMILES string of the molecule is O=C(c1cccc2c1CCC2)N1CCCC(n2ncc(N3CCOCC3)cc2=O)C1. The molecule has 3 heterocycles. The van der Waals surface area contributed by atoms with Gasteiger partial charge in [-0.15, -0.1) is 0 Å². The molecule has 0 bridgehead atoms. The van der Waals surface area contributed by atoms with Crippen LogP contribution in [0.2, 0.25) is 0 Å². The van der Waals surface area contributed by atoms with Gasteiger partial charge in [0.1, 0.15) is 0 Å². The summed E-state index contributed by atoms with van der Waals surface area (Å²) in [5.74, 6) is 0.0939. The summed E-state index contributed by atoms with van der Waals surface area (Å²) in [6.07, 6.45) is 6.69. The number of likely N-dealkylation sites (tertiary alicyclic amines) is 1. The summed E-state index contributed by atoms with van der Waals surface area (Å²) in [4.78, 5) is 30.1. The number of hydrogen-bond donors (Lipinski definition) is 0. The third-order valence-electron chi connectivity index (χ3n) is 6.59. The van der Waals surface area contributed by atoms with Gasteiger partial charge in [-0.05, 0) is 49.3 Å². The summed E-state index contributed by atoms with van der Waals surface area (Å²) in [7, 11) is 0. The van der Waals surface area contributed by atoms with Gasteiger partial charge in [0.05, 0.1) is 31.1 Å². The molecule has 0 saturated carbocycles. The van der Waals surface area contributed by atoms with Crippen LogP contribution in [0.5, 0.6) is 0 Å². The number of benzene rings is 1. The lowest BCUT2D eigenvalue weighted by Crippen LogP contribution is -2.44. The van der Waals surface area contributed by atoms with Crippen molar-refractivity contribution in [2.24, 2.45) is 0 Å². The van der Waals surface area contributed by atoms with Crippen molar-refractivity contribution in [2.45, 2.75) is 38.1 Å². The smallest absolute Gasteiger partial charge is 0.269 e. The number of fused-ring (bicyclic) bond motifs is 1. The minimum absolute atomic E-state index is 0.0781. The molecular formula is C23H28N4O3. The fraction of sp³-hybridized carbons (Fsp3) is 0.522. The molecule has 2 aliphatic heterocycles. The standard InChI is InChI=1S/C23H28N4O3/c28-22-14-19(25-10-12-30-13-11-25)15-24-27(22)18-6-3-9-26(16-18)23(29)21-8-2-5-17-4-1-7-20(17)21/h2,5,8,14-15,18H,1,3-4,6-7,9-13,16H2. The molecule has 2 saturated heterocycles. The molecule has 1 atom stereocenters. The van der Waals surface area contributed by atoms with Crippen LogP contribution in [0, 0.1) is 0 Å². The van der Waals surface area contributed by atoms with Crippen molar-refractivity contribution in [1.29, 1.82) is 0 Å². The highest BCUT2D eigenvalue weighted by Gasteiger charge is 2.29. The molecule has 0 spiro atoms. The van der Waals surface area contributed by atoms with E-state index in [0.29, 0.717) is 19.8 Å². The minimum atomic E-state index is -0.0982. The topological polar surface area (TPSA) is 67.7 Å². The molecule has 7 nitrogen and oxygen atoms in total. The molecule has 2 fully saturated rings. The van der Waals surface area contributed by atoms with E-state index in [2.05, 4.69) is 16.1 Å². The quantitative estimate of drug-likeness (QED) is 0.778. The first-order valence-corrected chi connectivity index (χ1v) is 11.0. The van der Waals surface area contributed by atoms with Crippen molar-refractivity contribution in [2.75, 3.05) is 44.3 Å². The van der Waals surface area contributed by atoms with Crippen LogP contribution in [-0.4, -0.2) is 60.0 Å². The number of carbonyl (C=O) groups excluding carboxylic acids is 1. The molecule has 0 radical (unpaired) electrons. The first kappa shape index (κ1) is 19.3. The average Bonchev–Trinajstić information content (AvgIpc) is 3.28. The third kappa shape index (κ3) is 3.62. The minimum Gasteiger partial charge on any atom is -0.378 e. The van der Waals surface area contributed by atoms with Crippen LogP contribution < -0.4 is 10.5 Å². The monoisotopic (exact) mass is 408 g/mol. The Bertz CT molecular complexity index is 996. The van der Waals surface area contributed by atoms with Crippen LogP contribution in [0.4, 0.5) is 5.69 Å². The summed E-state index contributed by atoms with van der Waals surface area (Å²) in [6.45, 7) is 4.17. The second-order valence-electron chi connectivity index (χ2n) is 8.44. The summed E-state index contributed by atoms with van der Waals surface area (Å²) in [5.41, 5.74) is 4.12. The Labute approximate surface area is 176 Å². The van der Waals surface area contributed by atoms with Gasteiger partial charge in [-0.2, -0.15) is 5.10 Å². The number of morpholine rings is 1. The fourth-order valence-corrected chi connectivity index (χ4v) is 5.01. The van der Waals surface area contributed by atoms with E-state index in [4.69, 9.17) is 4.74 Å². The van der Waals surface area contributed by atoms with E-state index in [0.717, 1.165) is 63.0 Å². The summed E-state index contributed by atoms with van der Waals surface area (Å²) in [6, 6.07) is 7.68. The number of hydrogen-bond acceptors (Lipinski definition) is 5. The number of aromatic nitrogens is 2. The Morgan fingerprint density at radius 3 is 2.80 bits per heavy atom. The third-order valence-corrected chi connectivity index (χ3v) is 6.59. The van der Waals surface area contributed by atoms with E-state index < -0.39 is 0 Å². The highest BCUT2D eigenvalue weighted by Crippen LogP contribution is 2.28. The number of rotatable bonds is 3. The van der Waals surface area contributed by atoms with Gasteiger partial charge in [-0.25, -0.2) is 4.68 Å². The molecule has 1 aromatic heterocycles. The van der Waals surface area contributed by atoms with Crippen LogP contribution in [0.15, 0.2) is 35.3 Å². The number of piperidine rings is 1. The molecule has 158 valence electrons. The highest BCUT2D eigenvalue weighted by atomic mass is 16.5. The second kappa shape index (κ2) is 8.22. The van der Waals surface area contributed by atoms with Crippen molar-refractivity contribution in [3.63, 3.8) is 0 Å². The van der Waals surface area contributed by atoms with E-state index >= 15 is 0 Å². The first-order chi connectivity index (χ1) is 14.7. The fourth-order valence-electron chi connectivity index (χ4n) is 5.01. The predicted molar refractivity (Wildman–Crippen MR) is 114 cm³/mol. The second-order valence-corrected chi connectivity index (χ2v) is 8.44. The van der Waals surface area contributed by atoms with Gasteiger partial charge in [-0.1, -0.05) is 12.1 Å². The van der Waals surface area contributed by atoms with Gasteiger partial charge in [0.2, 0.25) is 0 Å². The molecule has 5 rings (SSSR count). The largest absolute Gasteiger partial charge is 0.378 e. The summed E-state index contributed by atoms with van der Waals surface area (Å²) < 4.78 is 6.95. The van der Waals surface area contributed by atoms with Gasteiger partial charge in [0, 0.05) is 37.8 Å². The lowest BCUT2D eigenvalue weighted by atomic mass is 10.00. The summed E-state index contributed by atoms with van der Waals surface area (Å²) >= 11 is 0. The van der Waals surface area contributed by atoms with Crippen molar-refractivity contribution in [3.8, 4) is 0 Å². The molecular weight excluding hydrogens is 380 g/mol. The van der Waals surface area contributed by atoms with Gasteiger partial charge in [0.25, 0.3) is 11.5 Å². The molecule has 30 heavy (non-hydrogen) atoms. The van der Waals surface area contributed by atoms with Gasteiger partial charge in [-0.3, -0.25) is 9.59 Å². The average molecular weight is 409 g/mol. The number of carbonyl (C=O) groups is 1. The Morgan fingerprint density at radius 2 is 1.97 bits per heavy atom. The van der Waals surface area contributed by atoms with E-state index in [-0.39, 0.29) is 17.5 Å². The lowest BCUT2D eigenvalue weighted by Gasteiger charge is -2.34. The van der Waals surface area contributed by atoms with Crippen LogP contribution in [0.3, 0.4) is 0 Å². The van der Waals surface area contributed by atoms with Crippen molar-refractivity contribution in [1.82, 2.24) is 14.7 Å². The Kier molecular flexibility index (Phi) is 5.29. The molecule has 1 unspecified atom stereocenters. The number of ether oxygens (including phenoxy) is 1. The molecule has 1 aliphatic carbocycles. The normalized spacial score (nSPS) is 21.5. The zero-order valence-corrected chi connectivity index (χ0v) is 17.3. The molecule has 1 amide bonds. The van der Waals surface area contributed by atoms with Crippen molar-refractivity contribution in [3.05, 3.63) is 57.5 Å². The van der Waals surface area contributed by atoms with Crippen LogP contribution in [0.1, 0.15) is 46.8 Å². The highest BCUT2D eigenvalue weighted by molar-refractivity contribution is 5.96. The van der Waals surface area contributed by atoms with E-state index in [1.54, 1.807) is 16.9 Å². The number of nitrogens with zero attached hydrogens (tertiary/aromatic N) is 4. The van der Waals surface area contributed by atoms with Gasteiger partial charge < -0.3 is 14.5 Å². The van der Waals surface area contributed by atoms with Gasteiger partial charge in [0.15, 0.2) is 0 Å². The van der Waals surface area contributed by atoms with Crippen molar-refractivity contribution < 1.29 is 9.53 Å². The van der Waals surface area contributed by atoms with Gasteiger partial charge >= 0.3 is 0 Å². The number of amides is 1. The lowest BCUT2D eigenvalue weighted by molar-refractivity contribution is 0.0669. The van der Waals surface area contributed by atoms with E-state index in [1.807, 2.05) is 17.0 Å². The molecule has 2 aromatic rings. The molecule has 0 N–H and O–H groups in total. The van der Waals surface area contributed by atoms with Crippen molar-refractivity contribution >= 4 is 11.6 Å². The zero-order valence-electron chi connectivity index (χ0n) is 17.3. The maximum absolute atomic E-state index is 13.3. The Hall–Kier alpha value is -2.67. The zero-order chi connectivity index (χ0) is 20.5. The summed E-state index contributed by atoms with van der Waals surface area (Å²) in [5, 5.41) is 4.49. The molecule has 3 aliphatic rings. The Morgan fingerprint density at radius 1 is 1.10 bits per heavy atom.